The van der Waals surface area contributed by atoms with Crippen molar-refractivity contribution >= 4 is 55.2 Å². The van der Waals surface area contributed by atoms with E-state index in [0.29, 0.717) is 0 Å². The van der Waals surface area contributed by atoms with Gasteiger partial charge in [0.05, 0.1) is 16.6 Å². The van der Waals surface area contributed by atoms with Crippen LogP contribution in [0, 0.1) is 20.2 Å². The number of rotatable bonds is 2. The summed E-state index contributed by atoms with van der Waals surface area (Å²) >= 11 is 0. The van der Waals surface area contributed by atoms with Gasteiger partial charge in [-0.15, -0.1) is 35.9 Å². The van der Waals surface area contributed by atoms with Crippen LogP contribution in [0.2, 0.25) is 0 Å². The van der Waals surface area contributed by atoms with Crippen molar-refractivity contribution in [2.45, 2.75) is 0 Å². The van der Waals surface area contributed by atoms with Crippen LogP contribution in [0.25, 0.3) is 49.4 Å². The van der Waals surface area contributed by atoms with Gasteiger partial charge in [0.15, 0.2) is 0 Å². The van der Waals surface area contributed by atoms with E-state index in [-0.39, 0.29) is 27.5 Å². The molecule has 0 atom stereocenters. The summed E-state index contributed by atoms with van der Waals surface area (Å²) in [6.07, 6.45) is 1.79. The van der Waals surface area contributed by atoms with Gasteiger partial charge in [-0.05, 0) is 55.2 Å². The molecule has 4 heterocycles. The maximum Gasteiger partial charge on any atom is 3.00 e. The number of nitrogens with zero attached hydrogens (tertiary/aromatic N) is 4. The Hall–Kier alpha value is -4.70. The number of benzene rings is 5. The first kappa shape index (κ1) is 28.4. The molecular weight excluding hydrogens is 705 g/mol. The van der Waals surface area contributed by atoms with Crippen molar-refractivity contribution < 1.29 is 20.1 Å². The third kappa shape index (κ3) is 4.62. The Labute approximate surface area is 265 Å². The summed E-state index contributed by atoms with van der Waals surface area (Å²) < 4.78 is 2.42. The van der Waals surface area contributed by atoms with Crippen molar-refractivity contribution in [2.75, 3.05) is 16.8 Å². The minimum atomic E-state index is 0. The number of pyridine rings is 1. The van der Waals surface area contributed by atoms with E-state index in [4.69, 9.17) is 0 Å². The largest absolute Gasteiger partial charge is 3.00 e. The average Bonchev–Trinajstić information content (AvgIpc) is 3.69. The number of fused-ring (bicyclic) bond motifs is 7. The molecule has 8 aromatic rings. The number of hydrogen-bond acceptors (Lipinski definition) is 3. The van der Waals surface area contributed by atoms with E-state index in [1.807, 2.05) is 42.5 Å². The van der Waals surface area contributed by atoms with Crippen molar-refractivity contribution in [3.05, 3.63) is 154 Å². The Morgan fingerprint density at radius 3 is 2.14 bits per heavy atom. The smallest absolute Gasteiger partial charge is 0.504 e. The molecule has 1 aliphatic rings. The van der Waals surface area contributed by atoms with E-state index >= 15 is 0 Å². The summed E-state index contributed by atoms with van der Waals surface area (Å²) in [6, 6.07) is 47.6. The molecule has 5 aromatic carbocycles. The van der Waals surface area contributed by atoms with Crippen LogP contribution in [0.1, 0.15) is 0 Å². The van der Waals surface area contributed by atoms with Gasteiger partial charge in [-0.2, -0.15) is 6.67 Å². The van der Waals surface area contributed by atoms with Crippen LogP contribution in [0.3, 0.4) is 0 Å². The summed E-state index contributed by atoms with van der Waals surface area (Å²) in [6.45, 7) is 2.16. The van der Waals surface area contributed by atoms with Gasteiger partial charge in [0.2, 0.25) is 0 Å². The minimum Gasteiger partial charge on any atom is -0.504 e. The van der Waals surface area contributed by atoms with Gasteiger partial charge in [0, 0.05) is 44.8 Å². The molecule has 0 saturated carbocycles. The maximum absolute atomic E-state index is 4.22. The zero-order valence-electron chi connectivity index (χ0n) is 23.9. The molecule has 0 unspecified atom stereocenters. The Morgan fingerprint density at radius 1 is 0.651 bits per heavy atom. The van der Waals surface area contributed by atoms with Crippen LogP contribution < -0.4 is 9.80 Å². The number of aromatic nitrogens is 2. The Bertz CT molecular complexity index is 2120. The van der Waals surface area contributed by atoms with E-state index in [1.54, 1.807) is 6.20 Å². The average molecular weight is 734 g/mol. The monoisotopic (exact) mass is 734 g/mol. The van der Waals surface area contributed by atoms with Gasteiger partial charge in [0.25, 0.3) is 0 Å². The van der Waals surface area contributed by atoms with Crippen LogP contribution >= 0.6 is 0 Å². The normalized spacial score (nSPS) is 12.2. The fraction of sp³-hybridized carbons (Fsp3) is 0.0263. The molecule has 0 bridgehead atoms. The van der Waals surface area contributed by atoms with Gasteiger partial charge >= 0.3 is 20.1 Å². The quantitative estimate of drug-likeness (QED) is 0.166. The molecule has 0 spiro atoms. The van der Waals surface area contributed by atoms with Crippen LogP contribution in [0.4, 0.5) is 17.1 Å². The predicted molar refractivity (Wildman–Crippen MR) is 177 cm³/mol. The molecule has 3 aromatic heterocycles. The second-order valence-electron chi connectivity index (χ2n) is 10.3. The standard InChI is InChI=1S/C26H18N3.C11H8N.CH3.Ir/c1-27-16-28(25-12-5-4-11-24(25)27)17-13-14-23-21(15-17)20-9-6-8-19-18-7-2-3-10-22(18)29(23)26(19)20;1-2-6-10(7-3-1)11-8-4-5-9-12-11;;/h2-16H,1H3;1-6,8-9H;1H3;/q3*-1;+3. The Morgan fingerprint density at radius 2 is 1.35 bits per heavy atom. The van der Waals surface area contributed by atoms with E-state index in [1.165, 1.54) is 55.2 Å². The van der Waals surface area contributed by atoms with Crippen molar-refractivity contribution in [3.63, 3.8) is 0 Å². The van der Waals surface area contributed by atoms with Crippen molar-refractivity contribution in [2.24, 2.45) is 0 Å². The van der Waals surface area contributed by atoms with Crippen LogP contribution in [0.5, 0.6) is 0 Å². The first-order valence-corrected chi connectivity index (χ1v) is 13.8. The van der Waals surface area contributed by atoms with Crippen LogP contribution in [0.15, 0.2) is 134 Å². The van der Waals surface area contributed by atoms with E-state index < -0.39 is 0 Å². The first-order chi connectivity index (χ1) is 20.3. The van der Waals surface area contributed by atoms with Gasteiger partial charge in [0.1, 0.15) is 0 Å². The molecule has 0 aliphatic carbocycles. The summed E-state index contributed by atoms with van der Waals surface area (Å²) in [5.41, 5.74) is 9.51. The molecule has 0 fully saturated rings. The third-order valence-electron chi connectivity index (χ3n) is 7.94. The van der Waals surface area contributed by atoms with Crippen LogP contribution in [-0.2, 0) is 20.1 Å². The Balaban J connectivity index is 0.000000200. The van der Waals surface area contributed by atoms with Gasteiger partial charge in [-0.3, -0.25) is 0 Å². The molecule has 5 heteroatoms. The number of hydrogen-bond donors (Lipinski definition) is 0. The van der Waals surface area contributed by atoms with Gasteiger partial charge in [-0.1, -0.05) is 60.7 Å². The molecule has 0 saturated heterocycles. The predicted octanol–water partition coefficient (Wildman–Crippen LogP) is 9.54. The van der Waals surface area contributed by atoms with E-state index in [0.717, 1.165) is 11.3 Å². The van der Waals surface area contributed by atoms with Crippen molar-refractivity contribution in [3.8, 4) is 11.3 Å². The van der Waals surface area contributed by atoms with E-state index in [9.17, 15) is 0 Å². The molecule has 210 valence electrons. The third-order valence-corrected chi connectivity index (χ3v) is 7.94. The fourth-order valence-corrected chi connectivity index (χ4v) is 6.11. The minimum absolute atomic E-state index is 0. The second-order valence-corrected chi connectivity index (χ2v) is 10.3. The summed E-state index contributed by atoms with van der Waals surface area (Å²) in [5.74, 6) is 0. The molecule has 0 amide bonds. The Kier molecular flexibility index (Phi) is 7.62. The van der Waals surface area contributed by atoms with Crippen molar-refractivity contribution in [1.29, 1.82) is 0 Å². The maximum atomic E-state index is 4.22. The second kappa shape index (κ2) is 11.5. The van der Waals surface area contributed by atoms with Crippen molar-refractivity contribution in [1.82, 2.24) is 9.38 Å². The molecule has 4 nitrogen and oxygen atoms in total. The molecule has 0 radical (unpaired) electrons. The number of anilines is 3. The molecule has 1 aliphatic heterocycles. The fourth-order valence-electron chi connectivity index (χ4n) is 6.11. The van der Waals surface area contributed by atoms with E-state index in [2.05, 4.69) is 124 Å². The number of para-hydroxylation sites is 4. The molecule has 0 N–H and O–H groups in total. The molecular formula is C38H29IrN4. The SMILES string of the molecule is CN1[CH-]N(c2ccc3c(c2)c2cccc4c5ccccc5n3c42)c2ccccc21.[CH3-].[Ir+3].[c-]1ccccc1-c1ccccn1. The van der Waals surface area contributed by atoms with Crippen LogP contribution in [-0.4, -0.2) is 16.4 Å². The molecule has 9 rings (SSSR count). The zero-order valence-corrected chi connectivity index (χ0v) is 26.3. The van der Waals surface area contributed by atoms with Gasteiger partial charge in [-0.25, -0.2) is 0 Å². The summed E-state index contributed by atoms with van der Waals surface area (Å²) in [7, 11) is 2.10. The molecule has 43 heavy (non-hydrogen) atoms. The first-order valence-electron chi connectivity index (χ1n) is 13.8. The summed E-state index contributed by atoms with van der Waals surface area (Å²) in [5, 5.41) is 5.27. The zero-order chi connectivity index (χ0) is 27.3. The topological polar surface area (TPSA) is 23.8 Å². The summed E-state index contributed by atoms with van der Waals surface area (Å²) in [4.78, 5) is 8.68. The van der Waals surface area contributed by atoms with Gasteiger partial charge < -0.3 is 26.6 Å².